The molecule has 0 aliphatic heterocycles. The molecule has 1 N–H and O–H groups in total. The summed E-state index contributed by atoms with van der Waals surface area (Å²) in [6.45, 7) is 0.0911. The maximum Gasteiger partial charge on any atom is 0.251 e. The Morgan fingerprint density at radius 3 is 2.39 bits per heavy atom. The molecule has 1 heterocycles. The van der Waals surface area contributed by atoms with Crippen molar-refractivity contribution in [3.63, 3.8) is 0 Å². The topological polar surface area (TPSA) is 80.8 Å². The van der Waals surface area contributed by atoms with Crippen LogP contribution in [-0.4, -0.2) is 35.9 Å². The second-order valence-electron chi connectivity index (χ2n) is 8.56. The number of carbonyl (C=O) groups is 2. The Bertz CT molecular complexity index is 1380. The molecular weight excluding hydrogens is 485 g/mol. The molecule has 1 aromatic heterocycles. The predicted octanol–water partition coefficient (Wildman–Crippen LogP) is 5.19. The largest absolute Gasteiger partial charge is 0.497 e. The molecule has 3 aromatic carbocycles. The van der Waals surface area contributed by atoms with Gasteiger partial charge in [-0.25, -0.2) is 4.39 Å². The number of aromatic nitrogens is 1. The number of benzene rings is 3. The van der Waals surface area contributed by atoms with Crippen molar-refractivity contribution < 1.29 is 23.5 Å². The first kappa shape index (κ1) is 26.3. The fourth-order valence-corrected chi connectivity index (χ4v) is 4.14. The average molecular weight is 514 g/mol. The zero-order valence-corrected chi connectivity index (χ0v) is 21.1. The minimum absolute atomic E-state index is 0.0616. The summed E-state index contributed by atoms with van der Waals surface area (Å²) in [6, 6.07) is 22.4. The van der Waals surface area contributed by atoms with Gasteiger partial charge in [0, 0.05) is 25.0 Å². The Kier molecular flexibility index (Phi) is 8.66. The van der Waals surface area contributed by atoms with Crippen LogP contribution in [0.4, 0.5) is 10.1 Å². The summed E-state index contributed by atoms with van der Waals surface area (Å²) in [7, 11) is 3.01. The number of hydrogen-bond donors (Lipinski definition) is 1. The van der Waals surface area contributed by atoms with E-state index in [4.69, 9.17) is 9.47 Å². The number of carbonyl (C=O) groups excluding carboxylic acids is 2. The van der Waals surface area contributed by atoms with Gasteiger partial charge < -0.3 is 19.7 Å². The van der Waals surface area contributed by atoms with Crippen LogP contribution < -0.4 is 14.8 Å². The van der Waals surface area contributed by atoms with Gasteiger partial charge in [-0.05, 0) is 47.0 Å². The zero-order chi connectivity index (χ0) is 26.9. The number of amides is 2. The first-order chi connectivity index (χ1) is 18.5. The summed E-state index contributed by atoms with van der Waals surface area (Å²) >= 11 is 0. The third-order valence-electron chi connectivity index (χ3n) is 5.99. The molecule has 0 saturated heterocycles. The number of methoxy groups -OCH3 is 2. The molecule has 4 rings (SSSR count). The van der Waals surface area contributed by atoms with Crippen molar-refractivity contribution in [3.8, 4) is 11.5 Å². The van der Waals surface area contributed by atoms with Crippen LogP contribution in [0.15, 0.2) is 97.3 Å². The van der Waals surface area contributed by atoms with Gasteiger partial charge in [0.05, 0.1) is 26.3 Å². The van der Waals surface area contributed by atoms with E-state index in [9.17, 15) is 14.0 Å². The normalized spacial score (nSPS) is 11.3. The van der Waals surface area contributed by atoms with Gasteiger partial charge in [-0.1, -0.05) is 48.5 Å². The van der Waals surface area contributed by atoms with E-state index < -0.39 is 17.8 Å². The molecule has 0 aliphatic carbocycles. The summed E-state index contributed by atoms with van der Waals surface area (Å²) in [5.41, 5.74) is 2.24. The van der Waals surface area contributed by atoms with E-state index in [1.165, 1.54) is 37.3 Å². The maximum atomic E-state index is 14.4. The molecule has 8 heteroatoms. The minimum Gasteiger partial charge on any atom is -0.497 e. The lowest BCUT2D eigenvalue weighted by Crippen LogP contribution is -2.41. The lowest BCUT2D eigenvalue weighted by molar-refractivity contribution is -0.139. The van der Waals surface area contributed by atoms with Crippen LogP contribution in [0.25, 0.3) is 0 Å². The number of nitrogens with zero attached hydrogens (tertiary/aromatic N) is 2. The van der Waals surface area contributed by atoms with E-state index in [1.807, 2.05) is 36.4 Å². The highest BCUT2D eigenvalue weighted by molar-refractivity contribution is 5.99. The summed E-state index contributed by atoms with van der Waals surface area (Å²) in [5, 5.41) is 2.86. The number of hydrogen-bond acceptors (Lipinski definition) is 5. The first-order valence-corrected chi connectivity index (χ1v) is 12.0. The highest BCUT2D eigenvalue weighted by Crippen LogP contribution is 2.32. The van der Waals surface area contributed by atoms with Crippen LogP contribution in [0.3, 0.4) is 0 Å². The molecule has 4 aromatic rings. The molecule has 1 atom stereocenters. The molecule has 0 fully saturated rings. The second-order valence-corrected chi connectivity index (χ2v) is 8.56. The summed E-state index contributed by atoms with van der Waals surface area (Å²) in [4.78, 5) is 33.3. The van der Waals surface area contributed by atoms with E-state index in [-0.39, 0.29) is 18.9 Å². The first-order valence-electron chi connectivity index (χ1n) is 12.0. The Balaban J connectivity index is 1.75. The van der Waals surface area contributed by atoms with E-state index >= 15 is 0 Å². The van der Waals surface area contributed by atoms with Crippen LogP contribution in [0.2, 0.25) is 0 Å². The van der Waals surface area contributed by atoms with Crippen molar-refractivity contribution in [2.45, 2.75) is 19.0 Å². The van der Waals surface area contributed by atoms with Crippen molar-refractivity contribution in [1.29, 1.82) is 0 Å². The van der Waals surface area contributed by atoms with Crippen LogP contribution >= 0.6 is 0 Å². The number of halogens is 1. The molecule has 0 aliphatic rings. The standard InChI is InChI=1S/C30H28FN3O4/c1-37-25-13-14-26(27(18-25)38-2)33-30(36)29(23-11-6-12-24(31)17-23)34(20-22-10-7-15-32-19-22)28(35)16-21-8-4-3-5-9-21/h3-15,17-19,29H,16,20H2,1-2H3,(H,33,36)/t29-/m0/s1. The summed E-state index contributed by atoms with van der Waals surface area (Å²) in [5.74, 6) is -0.405. The van der Waals surface area contributed by atoms with Gasteiger partial charge in [0.25, 0.3) is 5.91 Å². The highest BCUT2D eigenvalue weighted by atomic mass is 19.1. The van der Waals surface area contributed by atoms with Crippen molar-refractivity contribution in [3.05, 3.63) is 120 Å². The molecule has 38 heavy (non-hydrogen) atoms. The molecule has 0 spiro atoms. The molecule has 0 unspecified atom stereocenters. The van der Waals surface area contributed by atoms with Crippen LogP contribution in [0.1, 0.15) is 22.7 Å². The third-order valence-corrected chi connectivity index (χ3v) is 5.99. The molecule has 194 valence electrons. The van der Waals surface area contributed by atoms with Crippen molar-refractivity contribution in [2.24, 2.45) is 0 Å². The van der Waals surface area contributed by atoms with Gasteiger partial charge in [0.2, 0.25) is 5.91 Å². The predicted molar refractivity (Wildman–Crippen MR) is 142 cm³/mol. The molecule has 2 amide bonds. The fourth-order valence-electron chi connectivity index (χ4n) is 4.14. The van der Waals surface area contributed by atoms with Gasteiger partial charge in [0.1, 0.15) is 23.4 Å². The zero-order valence-electron chi connectivity index (χ0n) is 21.1. The van der Waals surface area contributed by atoms with Gasteiger partial charge >= 0.3 is 0 Å². The number of anilines is 1. The van der Waals surface area contributed by atoms with Crippen LogP contribution in [0.5, 0.6) is 11.5 Å². The third kappa shape index (κ3) is 6.53. The summed E-state index contributed by atoms with van der Waals surface area (Å²) < 4.78 is 25.1. The number of pyridine rings is 1. The second kappa shape index (κ2) is 12.5. The summed E-state index contributed by atoms with van der Waals surface area (Å²) in [6.07, 6.45) is 3.33. The molecule has 0 saturated carbocycles. The van der Waals surface area contributed by atoms with Gasteiger partial charge in [-0.15, -0.1) is 0 Å². The monoisotopic (exact) mass is 513 g/mol. The lowest BCUT2D eigenvalue weighted by Gasteiger charge is -2.32. The Labute approximate surface area is 220 Å². The Hall–Kier alpha value is -4.72. The number of ether oxygens (including phenoxy) is 2. The van der Waals surface area contributed by atoms with Crippen molar-refractivity contribution in [1.82, 2.24) is 9.88 Å². The van der Waals surface area contributed by atoms with Crippen LogP contribution in [0, 0.1) is 5.82 Å². The van der Waals surface area contributed by atoms with Crippen molar-refractivity contribution in [2.75, 3.05) is 19.5 Å². The highest BCUT2D eigenvalue weighted by Gasteiger charge is 2.32. The molecule has 0 bridgehead atoms. The van der Waals surface area contributed by atoms with E-state index in [2.05, 4.69) is 10.3 Å². The lowest BCUT2D eigenvalue weighted by atomic mass is 10.0. The van der Waals surface area contributed by atoms with E-state index in [1.54, 1.807) is 42.7 Å². The average Bonchev–Trinajstić information content (AvgIpc) is 2.94. The van der Waals surface area contributed by atoms with E-state index in [0.717, 1.165) is 11.1 Å². The Morgan fingerprint density at radius 2 is 1.71 bits per heavy atom. The SMILES string of the molecule is COc1ccc(NC(=O)[C@H](c2cccc(F)c2)N(Cc2cccnc2)C(=O)Cc2ccccc2)c(OC)c1. The fraction of sp³-hybridized carbons (Fsp3) is 0.167. The minimum atomic E-state index is -1.14. The molecule has 0 radical (unpaired) electrons. The molecular formula is C30H28FN3O4. The van der Waals surface area contributed by atoms with Gasteiger partial charge in [-0.2, -0.15) is 0 Å². The number of nitrogens with one attached hydrogen (secondary N) is 1. The van der Waals surface area contributed by atoms with Crippen molar-refractivity contribution >= 4 is 17.5 Å². The molecule has 7 nitrogen and oxygen atoms in total. The Morgan fingerprint density at radius 1 is 0.921 bits per heavy atom. The quantitative estimate of drug-likeness (QED) is 0.316. The van der Waals surface area contributed by atoms with E-state index in [0.29, 0.717) is 22.7 Å². The van der Waals surface area contributed by atoms with Crippen LogP contribution in [-0.2, 0) is 22.6 Å². The van der Waals surface area contributed by atoms with Gasteiger partial charge in [-0.3, -0.25) is 14.6 Å². The maximum absolute atomic E-state index is 14.4. The smallest absolute Gasteiger partial charge is 0.251 e. The van der Waals surface area contributed by atoms with Gasteiger partial charge in [0.15, 0.2) is 0 Å². The number of rotatable bonds is 10.